The van der Waals surface area contributed by atoms with E-state index in [0.717, 1.165) is 0 Å². The molecule has 0 aliphatic rings. The maximum Gasteiger partial charge on any atom is 0.292 e. The van der Waals surface area contributed by atoms with Crippen LogP contribution in [0.3, 0.4) is 0 Å². The van der Waals surface area contributed by atoms with Gasteiger partial charge in [-0.25, -0.2) is 0 Å². The standard InChI is InChI=1S/C14H12ClN3O3/c15-14(13(16)19,10-6-2-1-3-7-10)17-11-8-4-5-9-12(11)18(20)21/h1-9,17H,(H2,16,19). The number of carbonyl (C=O) groups is 1. The van der Waals surface area contributed by atoms with E-state index in [1.165, 1.54) is 18.2 Å². The van der Waals surface area contributed by atoms with Crippen LogP contribution in [-0.2, 0) is 9.79 Å². The van der Waals surface area contributed by atoms with Crippen molar-refractivity contribution in [1.29, 1.82) is 0 Å². The van der Waals surface area contributed by atoms with Gasteiger partial charge in [-0.1, -0.05) is 54.1 Å². The maximum atomic E-state index is 11.8. The minimum Gasteiger partial charge on any atom is -0.366 e. The molecule has 0 spiro atoms. The summed E-state index contributed by atoms with van der Waals surface area (Å²) in [5, 5.41) is 13.7. The highest BCUT2D eigenvalue weighted by atomic mass is 35.5. The van der Waals surface area contributed by atoms with Crippen LogP contribution in [-0.4, -0.2) is 10.8 Å². The Bertz CT molecular complexity index is 678. The van der Waals surface area contributed by atoms with Crippen molar-refractivity contribution in [3.63, 3.8) is 0 Å². The number of primary amides is 1. The van der Waals surface area contributed by atoms with Crippen LogP contribution >= 0.6 is 11.6 Å². The number of hydrogen-bond acceptors (Lipinski definition) is 4. The first-order valence-corrected chi connectivity index (χ1v) is 6.39. The van der Waals surface area contributed by atoms with E-state index in [2.05, 4.69) is 5.32 Å². The van der Waals surface area contributed by atoms with E-state index >= 15 is 0 Å². The van der Waals surface area contributed by atoms with Crippen molar-refractivity contribution in [2.75, 3.05) is 5.32 Å². The Morgan fingerprint density at radius 2 is 1.71 bits per heavy atom. The average molecular weight is 306 g/mol. The summed E-state index contributed by atoms with van der Waals surface area (Å²) in [6, 6.07) is 14.2. The molecule has 0 fully saturated rings. The Labute approximate surface area is 125 Å². The molecule has 2 rings (SSSR count). The average Bonchev–Trinajstić information content (AvgIpc) is 2.48. The molecule has 108 valence electrons. The van der Waals surface area contributed by atoms with Crippen LogP contribution in [0.4, 0.5) is 11.4 Å². The van der Waals surface area contributed by atoms with Crippen LogP contribution in [0.5, 0.6) is 0 Å². The molecule has 0 heterocycles. The Balaban J connectivity index is 2.48. The van der Waals surface area contributed by atoms with Gasteiger partial charge in [-0.15, -0.1) is 0 Å². The normalized spacial score (nSPS) is 13.2. The lowest BCUT2D eigenvalue weighted by molar-refractivity contribution is -0.384. The van der Waals surface area contributed by atoms with Gasteiger partial charge in [0, 0.05) is 11.6 Å². The number of amides is 1. The van der Waals surface area contributed by atoms with Crippen LogP contribution in [0.1, 0.15) is 5.56 Å². The number of hydrogen-bond donors (Lipinski definition) is 2. The van der Waals surface area contributed by atoms with Crippen LogP contribution < -0.4 is 11.1 Å². The summed E-state index contributed by atoms with van der Waals surface area (Å²) in [6.07, 6.45) is 0. The second kappa shape index (κ2) is 5.80. The van der Waals surface area contributed by atoms with Gasteiger partial charge in [0.05, 0.1) is 4.92 Å². The number of nitrogens with one attached hydrogen (secondary N) is 1. The first kappa shape index (κ1) is 14.8. The maximum absolute atomic E-state index is 11.8. The van der Waals surface area contributed by atoms with Gasteiger partial charge >= 0.3 is 0 Å². The zero-order valence-electron chi connectivity index (χ0n) is 10.8. The van der Waals surface area contributed by atoms with Crippen molar-refractivity contribution < 1.29 is 9.72 Å². The SMILES string of the molecule is NC(=O)C(Cl)(Nc1ccccc1[N+](=O)[O-])c1ccccc1. The topological polar surface area (TPSA) is 98.3 Å². The molecular formula is C14H12ClN3O3. The predicted molar refractivity (Wildman–Crippen MR) is 79.9 cm³/mol. The van der Waals surface area contributed by atoms with Crippen molar-refractivity contribution >= 4 is 28.9 Å². The zero-order valence-corrected chi connectivity index (χ0v) is 11.6. The van der Waals surface area contributed by atoms with Crippen molar-refractivity contribution in [3.8, 4) is 0 Å². The number of para-hydroxylation sites is 2. The van der Waals surface area contributed by atoms with Gasteiger partial charge in [-0.3, -0.25) is 14.9 Å². The van der Waals surface area contributed by atoms with Crippen LogP contribution in [0, 0.1) is 10.1 Å². The summed E-state index contributed by atoms with van der Waals surface area (Å²) in [7, 11) is 0. The van der Waals surface area contributed by atoms with E-state index in [1.54, 1.807) is 36.4 Å². The number of nitro benzene ring substituents is 1. The molecule has 7 heteroatoms. The van der Waals surface area contributed by atoms with Gasteiger partial charge in [0.25, 0.3) is 11.6 Å². The molecule has 3 N–H and O–H groups in total. The quantitative estimate of drug-likeness (QED) is 0.384. The third kappa shape index (κ3) is 2.95. The lowest BCUT2D eigenvalue weighted by Gasteiger charge is -2.26. The van der Waals surface area contributed by atoms with Gasteiger partial charge in [0.15, 0.2) is 0 Å². The number of carbonyl (C=O) groups excluding carboxylic acids is 1. The molecule has 2 aromatic carbocycles. The molecular weight excluding hydrogens is 294 g/mol. The molecule has 1 amide bonds. The third-order valence-electron chi connectivity index (χ3n) is 2.92. The molecule has 2 aromatic rings. The van der Waals surface area contributed by atoms with Gasteiger partial charge < -0.3 is 11.1 Å². The molecule has 0 bridgehead atoms. The highest BCUT2D eigenvalue weighted by molar-refractivity contribution is 6.35. The molecule has 0 aliphatic heterocycles. The van der Waals surface area contributed by atoms with E-state index < -0.39 is 15.8 Å². The van der Waals surface area contributed by atoms with Crippen LogP contribution in [0.15, 0.2) is 54.6 Å². The van der Waals surface area contributed by atoms with Crippen LogP contribution in [0.25, 0.3) is 0 Å². The number of nitro groups is 1. The first-order valence-electron chi connectivity index (χ1n) is 6.01. The summed E-state index contributed by atoms with van der Waals surface area (Å²) in [6.45, 7) is 0. The van der Waals surface area contributed by atoms with Gasteiger partial charge in [-0.05, 0) is 6.07 Å². The van der Waals surface area contributed by atoms with E-state index in [0.29, 0.717) is 5.56 Å². The van der Waals surface area contributed by atoms with Gasteiger partial charge in [-0.2, -0.15) is 0 Å². The molecule has 0 aliphatic carbocycles. The predicted octanol–water partition coefficient (Wildman–Crippen LogP) is 2.58. The Kier molecular flexibility index (Phi) is 4.09. The monoisotopic (exact) mass is 305 g/mol. The van der Waals surface area contributed by atoms with E-state index in [4.69, 9.17) is 17.3 Å². The lowest BCUT2D eigenvalue weighted by Crippen LogP contribution is -2.43. The first-order chi connectivity index (χ1) is 9.95. The number of anilines is 1. The second-order valence-corrected chi connectivity index (χ2v) is 4.85. The summed E-state index contributed by atoms with van der Waals surface area (Å²) in [5.74, 6) is -0.853. The number of nitrogens with zero attached hydrogens (tertiary/aromatic N) is 1. The van der Waals surface area contributed by atoms with Crippen molar-refractivity contribution in [2.45, 2.75) is 5.00 Å². The Hall–Kier alpha value is -2.60. The summed E-state index contributed by atoms with van der Waals surface area (Å²) in [5.41, 5.74) is 5.69. The fourth-order valence-electron chi connectivity index (χ4n) is 1.87. The fraction of sp³-hybridized carbons (Fsp3) is 0.0714. The second-order valence-electron chi connectivity index (χ2n) is 4.29. The van der Waals surface area contributed by atoms with Crippen molar-refractivity contribution in [2.24, 2.45) is 5.73 Å². The third-order valence-corrected chi connectivity index (χ3v) is 3.42. The highest BCUT2D eigenvalue weighted by Crippen LogP contribution is 2.34. The van der Waals surface area contributed by atoms with Crippen molar-refractivity contribution in [3.05, 3.63) is 70.3 Å². The molecule has 21 heavy (non-hydrogen) atoms. The minimum atomic E-state index is -1.77. The molecule has 0 saturated heterocycles. The summed E-state index contributed by atoms with van der Waals surface area (Å²) >= 11 is 6.30. The smallest absolute Gasteiger partial charge is 0.292 e. The van der Waals surface area contributed by atoms with E-state index in [1.807, 2.05) is 0 Å². The van der Waals surface area contributed by atoms with Gasteiger partial charge in [0.2, 0.25) is 5.00 Å². The lowest BCUT2D eigenvalue weighted by atomic mass is 10.0. The van der Waals surface area contributed by atoms with E-state index in [9.17, 15) is 14.9 Å². The summed E-state index contributed by atoms with van der Waals surface area (Å²) in [4.78, 5) is 20.5. The van der Waals surface area contributed by atoms with Crippen molar-refractivity contribution in [1.82, 2.24) is 0 Å². The Morgan fingerprint density at radius 3 is 2.29 bits per heavy atom. The van der Waals surface area contributed by atoms with E-state index in [-0.39, 0.29) is 11.4 Å². The number of rotatable bonds is 5. The highest BCUT2D eigenvalue weighted by Gasteiger charge is 2.37. The summed E-state index contributed by atoms with van der Waals surface area (Å²) < 4.78 is 0. The molecule has 1 unspecified atom stereocenters. The Morgan fingerprint density at radius 1 is 1.14 bits per heavy atom. The molecule has 6 nitrogen and oxygen atoms in total. The number of alkyl halides is 1. The molecule has 0 aromatic heterocycles. The number of nitrogens with two attached hydrogens (primary N) is 1. The van der Waals surface area contributed by atoms with Gasteiger partial charge in [0.1, 0.15) is 5.69 Å². The molecule has 0 saturated carbocycles. The molecule has 1 atom stereocenters. The number of benzene rings is 2. The molecule has 0 radical (unpaired) electrons. The zero-order chi connectivity index (χ0) is 15.5. The fourth-order valence-corrected chi connectivity index (χ4v) is 2.10. The largest absolute Gasteiger partial charge is 0.366 e. The minimum absolute atomic E-state index is 0.111. The number of halogens is 1. The van der Waals surface area contributed by atoms with Crippen LogP contribution in [0.2, 0.25) is 0 Å².